The van der Waals surface area contributed by atoms with Crippen molar-refractivity contribution in [2.24, 2.45) is 11.5 Å². The molecule has 0 aliphatic heterocycles. The number of nitrogens with two attached hydrogens (primary N) is 2. The molecule has 1 atom stereocenters. The second-order valence-electron chi connectivity index (χ2n) is 0.804. The zero-order chi connectivity index (χ0) is 5.15. The fourth-order valence-electron chi connectivity index (χ4n) is 0. The summed E-state index contributed by atoms with van der Waals surface area (Å²) in [4.78, 5) is 9.05. The lowest BCUT2D eigenvalue weighted by Gasteiger charge is -1.89. The first-order valence-corrected chi connectivity index (χ1v) is 2.25. The highest BCUT2D eigenvalue weighted by Gasteiger charge is 1.98. The molecule has 0 radical (unpaired) electrons. The molecule has 0 aliphatic carbocycles. The summed E-state index contributed by atoms with van der Waals surface area (Å²) in [5.74, 6) is -0.546. The Kier molecular flexibility index (Phi) is 2.12. The van der Waals surface area contributed by atoms with Crippen molar-refractivity contribution in [3.05, 3.63) is 0 Å². The van der Waals surface area contributed by atoms with Gasteiger partial charge in [-0.25, -0.2) is 0 Å². The number of halogens is 1. The van der Waals surface area contributed by atoms with Crippen LogP contribution in [-0.4, -0.2) is 10.9 Å². The normalized spacial score (nSPS) is 13.7. The van der Waals surface area contributed by atoms with Crippen molar-refractivity contribution in [2.75, 3.05) is 0 Å². The zero-order valence-electron chi connectivity index (χ0n) is 3.02. The molecule has 0 fully saturated rings. The molecule has 0 spiro atoms. The number of hydrogen-bond acceptors (Lipinski definition) is 2. The van der Waals surface area contributed by atoms with Crippen molar-refractivity contribution < 1.29 is 4.79 Å². The number of carbonyl (C=O) groups is 1. The van der Waals surface area contributed by atoms with Crippen LogP contribution in [0.3, 0.4) is 0 Å². The average Bonchev–Trinajstić information content (AvgIpc) is 1.36. The third-order valence-electron chi connectivity index (χ3n) is 0.272. The second kappa shape index (κ2) is 2.15. The Bertz CT molecular complexity index is 62.6. The van der Waals surface area contributed by atoms with Crippen LogP contribution in [0.2, 0.25) is 0 Å². The van der Waals surface area contributed by atoms with Crippen LogP contribution in [-0.2, 0) is 4.79 Å². The van der Waals surface area contributed by atoms with Gasteiger partial charge in [-0.1, -0.05) is 15.9 Å². The monoisotopic (exact) mass is 152 g/mol. The van der Waals surface area contributed by atoms with Gasteiger partial charge in [0.1, 0.15) is 4.95 Å². The molecule has 4 N–H and O–H groups in total. The maximum Gasteiger partial charge on any atom is 0.245 e. The highest BCUT2D eigenvalue weighted by atomic mass is 79.9. The molecule has 0 rings (SSSR count). The Morgan fingerprint density at radius 2 is 2.00 bits per heavy atom. The Labute approximate surface area is 43.8 Å². The first-order valence-electron chi connectivity index (χ1n) is 1.33. The summed E-state index contributed by atoms with van der Waals surface area (Å²) < 4.78 is 0. The summed E-state index contributed by atoms with van der Waals surface area (Å²) in [7, 11) is 0. The molecule has 0 saturated heterocycles. The molecule has 6 heavy (non-hydrogen) atoms. The summed E-state index contributed by atoms with van der Waals surface area (Å²) in [6.07, 6.45) is 0. The molecule has 36 valence electrons. The molecule has 4 heteroatoms. The summed E-state index contributed by atoms with van der Waals surface area (Å²) in [5, 5.41) is 0. The molecular formula is C2H5BrN2O. The number of carbonyl (C=O) groups excluding carboxylic acids is 1. The predicted octanol–water partition coefficient (Wildman–Crippen LogP) is -0.849. The molecule has 0 bridgehead atoms. The molecule has 3 nitrogen and oxygen atoms in total. The number of primary amides is 1. The lowest BCUT2D eigenvalue weighted by molar-refractivity contribution is -0.117. The molecule has 0 aromatic heterocycles. The van der Waals surface area contributed by atoms with E-state index in [1.165, 1.54) is 0 Å². The maximum atomic E-state index is 9.75. The van der Waals surface area contributed by atoms with Crippen LogP contribution in [0.5, 0.6) is 0 Å². The van der Waals surface area contributed by atoms with E-state index >= 15 is 0 Å². The Hall–Kier alpha value is -0.0900. The van der Waals surface area contributed by atoms with Gasteiger partial charge in [-0.3, -0.25) is 4.79 Å². The third kappa shape index (κ3) is 2.17. The van der Waals surface area contributed by atoms with Crippen LogP contribution in [0.25, 0.3) is 0 Å². The average molecular weight is 153 g/mol. The van der Waals surface area contributed by atoms with Gasteiger partial charge in [-0.05, 0) is 0 Å². The number of rotatable bonds is 1. The fraction of sp³-hybridized carbons (Fsp3) is 0.500. The minimum Gasteiger partial charge on any atom is -0.368 e. The molecule has 1 unspecified atom stereocenters. The minimum absolute atomic E-state index is 0.546. The quantitative estimate of drug-likeness (QED) is 0.380. The van der Waals surface area contributed by atoms with Crippen molar-refractivity contribution in [1.82, 2.24) is 0 Å². The van der Waals surface area contributed by atoms with E-state index in [1.54, 1.807) is 0 Å². The van der Waals surface area contributed by atoms with E-state index in [0.29, 0.717) is 0 Å². The van der Waals surface area contributed by atoms with Crippen molar-refractivity contribution in [3.8, 4) is 0 Å². The van der Waals surface area contributed by atoms with E-state index in [0.717, 1.165) is 0 Å². The standard InChI is InChI=1S/C2H5BrN2O/c3-1(4)2(5)6/h1H,4H2,(H2,5,6). The van der Waals surface area contributed by atoms with Crippen molar-refractivity contribution in [2.45, 2.75) is 4.95 Å². The van der Waals surface area contributed by atoms with Crippen LogP contribution >= 0.6 is 15.9 Å². The topological polar surface area (TPSA) is 69.1 Å². The van der Waals surface area contributed by atoms with Gasteiger partial charge in [0, 0.05) is 0 Å². The SMILES string of the molecule is NC(=O)C(N)Br. The minimum atomic E-state index is -0.697. The van der Waals surface area contributed by atoms with Gasteiger partial charge in [0.25, 0.3) is 0 Å². The van der Waals surface area contributed by atoms with Crippen LogP contribution in [0.15, 0.2) is 0 Å². The van der Waals surface area contributed by atoms with E-state index in [-0.39, 0.29) is 0 Å². The molecule has 0 aromatic rings. The largest absolute Gasteiger partial charge is 0.368 e. The number of amides is 1. The van der Waals surface area contributed by atoms with Gasteiger partial charge in [-0.15, -0.1) is 0 Å². The van der Waals surface area contributed by atoms with Crippen LogP contribution in [0, 0.1) is 0 Å². The zero-order valence-corrected chi connectivity index (χ0v) is 4.60. The predicted molar refractivity (Wildman–Crippen MR) is 26.1 cm³/mol. The van der Waals surface area contributed by atoms with Gasteiger partial charge >= 0.3 is 0 Å². The molecule has 0 saturated carbocycles. The molecular weight excluding hydrogens is 148 g/mol. The van der Waals surface area contributed by atoms with Gasteiger partial charge < -0.3 is 11.5 Å². The van der Waals surface area contributed by atoms with Crippen molar-refractivity contribution >= 4 is 21.8 Å². The first-order chi connectivity index (χ1) is 2.64. The van der Waals surface area contributed by atoms with Gasteiger partial charge in [0.05, 0.1) is 0 Å². The Morgan fingerprint density at radius 3 is 2.00 bits per heavy atom. The van der Waals surface area contributed by atoms with Crippen LogP contribution in [0.4, 0.5) is 0 Å². The highest BCUT2D eigenvalue weighted by molar-refractivity contribution is 9.09. The van der Waals surface area contributed by atoms with E-state index in [2.05, 4.69) is 21.7 Å². The third-order valence-corrected chi connectivity index (χ3v) is 0.723. The summed E-state index contributed by atoms with van der Waals surface area (Å²) in [6, 6.07) is 0. The summed E-state index contributed by atoms with van der Waals surface area (Å²) in [5.41, 5.74) is 9.50. The summed E-state index contributed by atoms with van der Waals surface area (Å²) >= 11 is 2.74. The van der Waals surface area contributed by atoms with Crippen molar-refractivity contribution in [1.29, 1.82) is 0 Å². The molecule has 0 aliphatic rings. The molecule has 0 heterocycles. The summed E-state index contributed by atoms with van der Waals surface area (Å²) in [6.45, 7) is 0. The lowest BCUT2D eigenvalue weighted by Crippen LogP contribution is -2.30. The lowest BCUT2D eigenvalue weighted by atomic mass is 10.7. The van der Waals surface area contributed by atoms with Crippen LogP contribution in [0.1, 0.15) is 0 Å². The fourth-order valence-corrected chi connectivity index (χ4v) is 0. The van der Waals surface area contributed by atoms with Crippen molar-refractivity contribution in [3.63, 3.8) is 0 Å². The van der Waals surface area contributed by atoms with E-state index < -0.39 is 10.9 Å². The second-order valence-corrected chi connectivity index (χ2v) is 1.79. The maximum absolute atomic E-state index is 9.75. The van der Waals surface area contributed by atoms with Gasteiger partial charge in [-0.2, -0.15) is 0 Å². The molecule has 0 aromatic carbocycles. The number of hydrogen-bond donors (Lipinski definition) is 2. The molecule has 1 amide bonds. The number of alkyl halides is 1. The Balaban J connectivity index is 3.26. The Morgan fingerprint density at radius 1 is 1.83 bits per heavy atom. The van der Waals surface area contributed by atoms with Gasteiger partial charge in [0.15, 0.2) is 0 Å². The van der Waals surface area contributed by atoms with E-state index in [4.69, 9.17) is 5.73 Å². The van der Waals surface area contributed by atoms with E-state index in [1.807, 2.05) is 0 Å². The smallest absolute Gasteiger partial charge is 0.245 e. The van der Waals surface area contributed by atoms with Gasteiger partial charge in [0.2, 0.25) is 5.91 Å². The first kappa shape index (κ1) is 5.91. The van der Waals surface area contributed by atoms with E-state index in [9.17, 15) is 4.79 Å². The van der Waals surface area contributed by atoms with Crippen LogP contribution < -0.4 is 11.5 Å². The highest BCUT2D eigenvalue weighted by Crippen LogP contribution is 1.83.